The first-order valence-electron chi connectivity index (χ1n) is 10.0. The normalized spacial score (nSPS) is 19.2. The maximum absolute atomic E-state index is 13.1. The van der Waals surface area contributed by atoms with E-state index in [1.165, 1.54) is 7.11 Å². The van der Waals surface area contributed by atoms with Gasteiger partial charge in [-0.15, -0.1) is 0 Å². The highest BCUT2D eigenvalue weighted by molar-refractivity contribution is 6.14. The van der Waals surface area contributed by atoms with Gasteiger partial charge in [-0.1, -0.05) is 0 Å². The molecule has 0 spiro atoms. The first kappa shape index (κ1) is 20.1. The van der Waals surface area contributed by atoms with E-state index >= 15 is 0 Å². The van der Waals surface area contributed by atoms with E-state index < -0.39 is 0 Å². The molecule has 158 valence electrons. The smallest absolute Gasteiger partial charge is 0.316 e. The third-order valence-corrected chi connectivity index (χ3v) is 5.29. The van der Waals surface area contributed by atoms with Crippen LogP contribution in [0.3, 0.4) is 0 Å². The SMILES string of the molecule is COc1ncc2c(N3C[C@H](C)N[C@@H](C)C3)ccc(C(=O)Nc3cn(C)nc3C)c2n1. The number of anilines is 2. The summed E-state index contributed by atoms with van der Waals surface area (Å²) in [7, 11) is 3.34. The number of aryl methyl sites for hydroxylation is 2. The largest absolute Gasteiger partial charge is 0.467 e. The van der Waals surface area contributed by atoms with Crippen molar-refractivity contribution in [1.82, 2.24) is 25.1 Å². The second-order valence-electron chi connectivity index (χ2n) is 7.88. The summed E-state index contributed by atoms with van der Waals surface area (Å²) in [6.45, 7) is 7.93. The zero-order chi connectivity index (χ0) is 21.4. The Morgan fingerprint density at radius 3 is 2.63 bits per heavy atom. The topological polar surface area (TPSA) is 97.2 Å². The van der Waals surface area contributed by atoms with Crippen LogP contribution in [-0.4, -0.2) is 57.9 Å². The third kappa shape index (κ3) is 3.80. The number of amides is 1. The highest BCUT2D eigenvalue weighted by Crippen LogP contribution is 2.31. The van der Waals surface area contributed by atoms with Crippen LogP contribution in [0, 0.1) is 6.92 Å². The molecule has 2 atom stereocenters. The molecule has 9 nitrogen and oxygen atoms in total. The van der Waals surface area contributed by atoms with Crippen molar-refractivity contribution < 1.29 is 9.53 Å². The maximum atomic E-state index is 13.1. The summed E-state index contributed by atoms with van der Waals surface area (Å²) in [4.78, 5) is 24.2. The molecule has 0 aliphatic carbocycles. The van der Waals surface area contributed by atoms with Crippen LogP contribution in [-0.2, 0) is 7.05 Å². The number of carbonyl (C=O) groups excluding carboxylic acids is 1. The molecule has 0 radical (unpaired) electrons. The lowest BCUT2D eigenvalue weighted by molar-refractivity contribution is 0.102. The minimum atomic E-state index is -0.245. The Labute approximate surface area is 175 Å². The van der Waals surface area contributed by atoms with E-state index in [1.54, 1.807) is 17.1 Å². The molecule has 1 fully saturated rings. The number of piperazine rings is 1. The first-order chi connectivity index (χ1) is 14.4. The van der Waals surface area contributed by atoms with E-state index in [0.29, 0.717) is 28.9 Å². The fourth-order valence-electron chi connectivity index (χ4n) is 4.08. The molecule has 0 bridgehead atoms. The summed E-state index contributed by atoms with van der Waals surface area (Å²) in [5, 5.41) is 11.6. The number of nitrogens with one attached hydrogen (secondary N) is 2. The molecule has 30 heavy (non-hydrogen) atoms. The van der Waals surface area contributed by atoms with E-state index in [-0.39, 0.29) is 11.9 Å². The Hall–Kier alpha value is -3.20. The zero-order valence-electron chi connectivity index (χ0n) is 17.9. The highest BCUT2D eigenvalue weighted by Gasteiger charge is 2.25. The Bertz CT molecular complexity index is 1080. The predicted octanol–water partition coefficient (Wildman–Crippen LogP) is 2.12. The number of methoxy groups -OCH3 is 1. The van der Waals surface area contributed by atoms with Crippen molar-refractivity contribution in [2.45, 2.75) is 32.9 Å². The lowest BCUT2D eigenvalue weighted by atomic mass is 10.0. The number of aromatic nitrogens is 4. The summed E-state index contributed by atoms with van der Waals surface area (Å²) < 4.78 is 6.90. The van der Waals surface area contributed by atoms with Crippen molar-refractivity contribution in [2.75, 3.05) is 30.4 Å². The van der Waals surface area contributed by atoms with E-state index in [1.807, 2.05) is 26.1 Å². The fourth-order valence-corrected chi connectivity index (χ4v) is 4.08. The average Bonchev–Trinajstić information content (AvgIpc) is 3.02. The molecule has 3 heterocycles. The number of hydrogen-bond acceptors (Lipinski definition) is 7. The number of hydrogen-bond donors (Lipinski definition) is 2. The van der Waals surface area contributed by atoms with Crippen LogP contribution in [0.25, 0.3) is 10.9 Å². The molecule has 4 rings (SSSR count). The number of rotatable bonds is 4. The Balaban J connectivity index is 1.77. The van der Waals surface area contributed by atoms with E-state index in [9.17, 15) is 4.79 Å². The van der Waals surface area contributed by atoms with Crippen molar-refractivity contribution >= 4 is 28.2 Å². The maximum Gasteiger partial charge on any atom is 0.316 e. The fraction of sp³-hybridized carbons (Fsp3) is 0.429. The van der Waals surface area contributed by atoms with Crippen LogP contribution >= 0.6 is 0 Å². The van der Waals surface area contributed by atoms with Crippen molar-refractivity contribution in [3.63, 3.8) is 0 Å². The second-order valence-corrected chi connectivity index (χ2v) is 7.88. The minimum absolute atomic E-state index is 0.230. The molecule has 1 aliphatic rings. The standard InChI is InChI=1S/C21H27N7O2/c1-12-9-28(10-13(2)23-12)18-7-6-15(19-16(18)8-22-21(25-19)30-5)20(29)24-17-11-27(4)26-14(17)3/h6-8,11-13,23H,9-10H2,1-5H3,(H,24,29)/t12-,13-/m0/s1. The van der Waals surface area contributed by atoms with Gasteiger partial charge >= 0.3 is 6.01 Å². The van der Waals surface area contributed by atoms with Gasteiger partial charge in [0.1, 0.15) is 0 Å². The summed E-state index contributed by atoms with van der Waals surface area (Å²) in [5.41, 5.74) is 3.47. The van der Waals surface area contributed by atoms with Crippen LogP contribution in [0.4, 0.5) is 11.4 Å². The van der Waals surface area contributed by atoms with Crippen LogP contribution < -0.4 is 20.3 Å². The number of fused-ring (bicyclic) bond motifs is 1. The summed E-state index contributed by atoms with van der Waals surface area (Å²) >= 11 is 0. The highest BCUT2D eigenvalue weighted by atomic mass is 16.5. The molecule has 0 saturated carbocycles. The van der Waals surface area contributed by atoms with Crippen LogP contribution in [0.15, 0.2) is 24.5 Å². The van der Waals surface area contributed by atoms with Gasteiger partial charge in [0.05, 0.1) is 29.6 Å². The zero-order valence-corrected chi connectivity index (χ0v) is 17.9. The van der Waals surface area contributed by atoms with Gasteiger partial charge in [0.25, 0.3) is 5.91 Å². The van der Waals surface area contributed by atoms with Gasteiger partial charge in [-0.3, -0.25) is 9.48 Å². The molecular formula is C21H27N7O2. The quantitative estimate of drug-likeness (QED) is 0.681. The predicted molar refractivity (Wildman–Crippen MR) is 116 cm³/mol. The molecule has 1 saturated heterocycles. The number of nitrogens with zero attached hydrogens (tertiary/aromatic N) is 5. The molecule has 0 unspecified atom stereocenters. The van der Waals surface area contributed by atoms with Gasteiger partial charge in [-0.25, -0.2) is 4.98 Å². The average molecular weight is 409 g/mol. The second kappa shape index (κ2) is 7.91. The van der Waals surface area contributed by atoms with Crippen molar-refractivity contribution in [3.05, 3.63) is 35.8 Å². The molecule has 3 aromatic rings. The van der Waals surface area contributed by atoms with Crippen LogP contribution in [0.2, 0.25) is 0 Å². The summed E-state index contributed by atoms with van der Waals surface area (Å²) in [6.07, 6.45) is 3.52. The van der Waals surface area contributed by atoms with Gasteiger partial charge in [0, 0.05) is 55.7 Å². The lowest BCUT2D eigenvalue weighted by Crippen LogP contribution is -2.54. The summed E-state index contributed by atoms with van der Waals surface area (Å²) in [6, 6.07) is 4.75. The monoisotopic (exact) mass is 409 g/mol. The van der Waals surface area contributed by atoms with E-state index in [2.05, 4.69) is 44.4 Å². The molecule has 1 amide bonds. The van der Waals surface area contributed by atoms with E-state index in [0.717, 1.165) is 29.9 Å². The van der Waals surface area contributed by atoms with Gasteiger partial charge < -0.3 is 20.3 Å². The van der Waals surface area contributed by atoms with Crippen LogP contribution in [0.1, 0.15) is 29.9 Å². The molecule has 1 aliphatic heterocycles. The van der Waals surface area contributed by atoms with Crippen LogP contribution in [0.5, 0.6) is 6.01 Å². The van der Waals surface area contributed by atoms with Gasteiger partial charge in [-0.2, -0.15) is 10.1 Å². The molecular weight excluding hydrogens is 382 g/mol. The van der Waals surface area contributed by atoms with E-state index in [4.69, 9.17) is 4.74 Å². The number of benzene rings is 1. The Kier molecular flexibility index (Phi) is 5.29. The minimum Gasteiger partial charge on any atom is -0.467 e. The Morgan fingerprint density at radius 2 is 2.00 bits per heavy atom. The number of carbonyl (C=O) groups is 1. The van der Waals surface area contributed by atoms with Gasteiger partial charge in [0.2, 0.25) is 0 Å². The first-order valence-corrected chi connectivity index (χ1v) is 10.0. The molecule has 1 aromatic carbocycles. The van der Waals surface area contributed by atoms with Crippen molar-refractivity contribution in [2.24, 2.45) is 7.05 Å². The van der Waals surface area contributed by atoms with Crippen molar-refractivity contribution in [3.8, 4) is 6.01 Å². The summed E-state index contributed by atoms with van der Waals surface area (Å²) in [5.74, 6) is -0.245. The van der Waals surface area contributed by atoms with Crippen molar-refractivity contribution in [1.29, 1.82) is 0 Å². The van der Waals surface area contributed by atoms with Gasteiger partial charge in [-0.05, 0) is 32.9 Å². The Morgan fingerprint density at radius 1 is 1.27 bits per heavy atom. The molecule has 9 heteroatoms. The lowest BCUT2D eigenvalue weighted by Gasteiger charge is -2.38. The number of ether oxygens (including phenoxy) is 1. The third-order valence-electron chi connectivity index (χ3n) is 5.29. The molecule has 2 N–H and O–H groups in total. The van der Waals surface area contributed by atoms with Gasteiger partial charge in [0.15, 0.2) is 0 Å². The molecule has 2 aromatic heterocycles.